The molecule has 2 aromatic rings. The van der Waals surface area contributed by atoms with E-state index in [0.29, 0.717) is 30.5 Å². The summed E-state index contributed by atoms with van der Waals surface area (Å²) in [6, 6.07) is 5.96. The van der Waals surface area contributed by atoms with Crippen molar-refractivity contribution in [1.82, 2.24) is 19.9 Å². The predicted octanol–water partition coefficient (Wildman–Crippen LogP) is 3.66. The Kier molecular flexibility index (Phi) is 6.58. The minimum absolute atomic E-state index is 0.0651. The molecule has 0 unspecified atom stereocenters. The number of amides is 1. The number of pyridine rings is 1. The van der Waals surface area contributed by atoms with Crippen LogP contribution in [-0.4, -0.2) is 51.5 Å². The molecule has 0 saturated carbocycles. The molecule has 2 atom stereocenters. The maximum absolute atomic E-state index is 13.4. The Morgan fingerprint density at radius 1 is 1.27 bits per heavy atom. The standard InChI is InChI=1S/C23H33N5O2/c1-7-23(12-11-18-10-9-15(3)24-21(18)27-23)14-28(8-2)22(29)16(4)19-13-20(30-6)26-17(5)25-19/h9-10,13,16H,7-8,11-12,14H2,1-6H3,(H,24,27)/t16-,23-/m1/s1. The fourth-order valence-corrected chi connectivity index (χ4v) is 4.08. The van der Waals surface area contributed by atoms with Gasteiger partial charge in [-0.15, -0.1) is 0 Å². The molecule has 3 rings (SSSR count). The number of ether oxygens (including phenoxy) is 1. The van der Waals surface area contributed by atoms with Gasteiger partial charge in [0.15, 0.2) is 0 Å². The van der Waals surface area contributed by atoms with Gasteiger partial charge in [0.25, 0.3) is 0 Å². The fourth-order valence-electron chi connectivity index (χ4n) is 4.08. The number of hydrogen-bond donors (Lipinski definition) is 1. The second-order valence-electron chi connectivity index (χ2n) is 8.18. The van der Waals surface area contributed by atoms with E-state index in [1.54, 1.807) is 13.2 Å². The Hall–Kier alpha value is -2.70. The molecule has 30 heavy (non-hydrogen) atoms. The quantitative estimate of drug-likeness (QED) is 0.749. The summed E-state index contributed by atoms with van der Waals surface area (Å²) in [5, 5.41) is 3.68. The number of anilines is 1. The van der Waals surface area contributed by atoms with Crippen LogP contribution >= 0.6 is 0 Å². The van der Waals surface area contributed by atoms with E-state index in [4.69, 9.17) is 9.72 Å². The Morgan fingerprint density at radius 2 is 2.03 bits per heavy atom. The summed E-state index contributed by atoms with van der Waals surface area (Å²) in [7, 11) is 1.57. The lowest BCUT2D eigenvalue weighted by molar-refractivity contribution is -0.133. The van der Waals surface area contributed by atoms with E-state index in [-0.39, 0.29) is 17.4 Å². The zero-order chi connectivity index (χ0) is 21.9. The van der Waals surface area contributed by atoms with E-state index < -0.39 is 0 Å². The lowest BCUT2D eigenvalue weighted by Crippen LogP contribution is -2.53. The van der Waals surface area contributed by atoms with Crippen LogP contribution in [0.15, 0.2) is 18.2 Å². The van der Waals surface area contributed by atoms with Crippen molar-refractivity contribution in [3.63, 3.8) is 0 Å². The highest BCUT2D eigenvalue weighted by molar-refractivity contribution is 5.83. The van der Waals surface area contributed by atoms with Gasteiger partial charge in [-0.3, -0.25) is 4.79 Å². The van der Waals surface area contributed by atoms with Crippen LogP contribution in [-0.2, 0) is 11.2 Å². The molecule has 7 nitrogen and oxygen atoms in total. The fraction of sp³-hybridized carbons (Fsp3) is 0.565. The third kappa shape index (κ3) is 4.55. The number of likely N-dealkylation sites (N-methyl/N-ethyl adjacent to an activating group) is 1. The van der Waals surface area contributed by atoms with Gasteiger partial charge in [0, 0.05) is 24.8 Å². The predicted molar refractivity (Wildman–Crippen MR) is 118 cm³/mol. The van der Waals surface area contributed by atoms with Crippen LogP contribution in [0.4, 0.5) is 5.82 Å². The van der Waals surface area contributed by atoms with Crippen LogP contribution in [0.3, 0.4) is 0 Å². The second-order valence-corrected chi connectivity index (χ2v) is 8.18. The molecule has 0 aliphatic carbocycles. The monoisotopic (exact) mass is 411 g/mol. The third-order valence-electron chi connectivity index (χ3n) is 6.10. The van der Waals surface area contributed by atoms with E-state index in [1.807, 2.05) is 32.6 Å². The van der Waals surface area contributed by atoms with Crippen molar-refractivity contribution in [2.24, 2.45) is 0 Å². The summed E-state index contributed by atoms with van der Waals surface area (Å²) in [4.78, 5) is 28.7. The number of rotatable bonds is 7. The molecule has 1 N–H and O–H groups in total. The van der Waals surface area contributed by atoms with Crippen molar-refractivity contribution in [2.75, 3.05) is 25.5 Å². The number of nitrogens with one attached hydrogen (secondary N) is 1. The number of carbonyl (C=O) groups excluding carboxylic acids is 1. The summed E-state index contributed by atoms with van der Waals surface area (Å²) in [6.07, 6.45) is 2.85. The van der Waals surface area contributed by atoms with Gasteiger partial charge in [-0.25, -0.2) is 9.97 Å². The maximum Gasteiger partial charge on any atom is 0.231 e. The van der Waals surface area contributed by atoms with Crippen LogP contribution in [0.25, 0.3) is 0 Å². The van der Waals surface area contributed by atoms with Gasteiger partial charge in [0.05, 0.1) is 24.3 Å². The highest BCUT2D eigenvalue weighted by Crippen LogP contribution is 2.33. The van der Waals surface area contributed by atoms with Gasteiger partial charge in [-0.2, -0.15) is 4.98 Å². The molecule has 162 valence electrons. The molecule has 1 aliphatic heterocycles. The van der Waals surface area contributed by atoms with Crippen LogP contribution in [0.1, 0.15) is 62.3 Å². The summed E-state index contributed by atoms with van der Waals surface area (Å²) in [5.74, 6) is 1.73. The SMILES string of the molecule is CCN(C[C@@]1(CC)CCc2ccc(C)nc2N1)C(=O)[C@H](C)c1cc(OC)nc(C)n1. The molecular weight excluding hydrogens is 378 g/mol. The van der Waals surface area contributed by atoms with Crippen molar-refractivity contribution in [3.05, 3.63) is 41.0 Å². The van der Waals surface area contributed by atoms with Gasteiger partial charge < -0.3 is 15.0 Å². The average Bonchev–Trinajstić information content (AvgIpc) is 2.75. The average molecular weight is 412 g/mol. The normalized spacial score (nSPS) is 18.9. The number of aryl methyl sites for hydroxylation is 3. The zero-order valence-corrected chi connectivity index (χ0v) is 19.0. The first-order valence-corrected chi connectivity index (χ1v) is 10.7. The van der Waals surface area contributed by atoms with E-state index in [2.05, 4.69) is 34.3 Å². The summed E-state index contributed by atoms with van der Waals surface area (Å²) >= 11 is 0. The van der Waals surface area contributed by atoms with Crippen molar-refractivity contribution in [1.29, 1.82) is 0 Å². The summed E-state index contributed by atoms with van der Waals surface area (Å²) in [6.45, 7) is 11.2. The molecule has 0 bridgehead atoms. The topological polar surface area (TPSA) is 80.2 Å². The Morgan fingerprint density at radius 3 is 2.70 bits per heavy atom. The summed E-state index contributed by atoms with van der Waals surface area (Å²) in [5.41, 5.74) is 2.75. The van der Waals surface area contributed by atoms with E-state index in [1.165, 1.54) is 5.56 Å². The molecule has 7 heteroatoms. The van der Waals surface area contributed by atoms with Gasteiger partial charge >= 0.3 is 0 Å². The minimum atomic E-state index is -0.370. The highest BCUT2D eigenvalue weighted by atomic mass is 16.5. The maximum atomic E-state index is 13.4. The largest absolute Gasteiger partial charge is 0.481 e. The molecular formula is C23H33N5O2. The lowest BCUT2D eigenvalue weighted by atomic mass is 9.84. The van der Waals surface area contributed by atoms with Crippen LogP contribution in [0.5, 0.6) is 5.88 Å². The Labute approximate surface area is 179 Å². The first-order chi connectivity index (χ1) is 14.3. The zero-order valence-electron chi connectivity index (χ0n) is 19.0. The molecule has 0 spiro atoms. The van der Waals surface area contributed by atoms with Crippen LogP contribution in [0, 0.1) is 13.8 Å². The highest BCUT2D eigenvalue weighted by Gasteiger charge is 2.37. The molecule has 0 radical (unpaired) electrons. The van der Waals surface area contributed by atoms with Crippen LogP contribution < -0.4 is 10.1 Å². The van der Waals surface area contributed by atoms with Crippen molar-refractivity contribution in [3.8, 4) is 5.88 Å². The number of aromatic nitrogens is 3. The van der Waals surface area contributed by atoms with Gasteiger partial charge in [-0.05, 0) is 58.6 Å². The number of hydrogen-bond acceptors (Lipinski definition) is 6. The van der Waals surface area contributed by atoms with Crippen molar-refractivity contribution < 1.29 is 9.53 Å². The molecule has 0 fully saturated rings. The van der Waals surface area contributed by atoms with E-state index in [0.717, 1.165) is 30.8 Å². The number of fused-ring (bicyclic) bond motifs is 1. The van der Waals surface area contributed by atoms with Gasteiger partial charge in [-0.1, -0.05) is 13.0 Å². The number of methoxy groups -OCH3 is 1. The molecule has 1 amide bonds. The number of carbonyl (C=O) groups is 1. The smallest absolute Gasteiger partial charge is 0.231 e. The van der Waals surface area contributed by atoms with Crippen LogP contribution in [0.2, 0.25) is 0 Å². The summed E-state index contributed by atoms with van der Waals surface area (Å²) < 4.78 is 5.26. The van der Waals surface area contributed by atoms with Gasteiger partial charge in [0.1, 0.15) is 11.6 Å². The molecule has 2 aromatic heterocycles. The number of nitrogens with zero attached hydrogens (tertiary/aromatic N) is 4. The van der Waals surface area contributed by atoms with E-state index >= 15 is 0 Å². The molecule has 1 aliphatic rings. The molecule has 0 aromatic carbocycles. The molecule has 0 saturated heterocycles. The van der Waals surface area contributed by atoms with E-state index in [9.17, 15) is 4.79 Å². The Balaban J connectivity index is 1.81. The van der Waals surface area contributed by atoms with Gasteiger partial charge in [0.2, 0.25) is 11.8 Å². The lowest BCUT2D eigenvalue weighted by Gasteiger charge is -2.42. The third-order valence-corrected chi connectivity index (χ3v) is 6.10. The minimum Gasteiger partial charge on any atom is -0.481 e. The first kappa shape index (κ1) is 22.0. The van der Waals surface area contributed by atoms with Crippen molar-refractivity contribution in [2.45, 2.75) is 65.3 Å². The Bertz CT molecular complexity index is 916. The second kappa shape index (κ2) is 8.98. The van der Waals surface area contributed by atoms with Crippen molar-refractivity contribution >= 4 is 11.7 Å². The first-order valence-electron chi connectivity index (χ1n) is 10.7. The molecule has 3 heterocycles.